The van der Waals surface area contributed by atoms with Crippen molar-refractivity contribution >= 4 is 108 Å². The van der Waals surface area contributed by atoms with Gasteiger partial charge in [-0.05, 0) is 116 Å². The van der Waals surface area contributed by atoms with Crippen LogP contribution in [0.2, 0.25) is 0 Å². The highest BCUT2D eigenvalue weighted by Crippen LogP contribution is 2.56. The lowest BCUT2D eigenvalue weighted by Crippen LogP contribution is -2.43. The SMILES string of the molecule is Cc1ccc(Oc2ccc(N3C(=O)c4ccc5c6c(ccc(c46)C3=O)C(=O)N(c3ccc(-c4ccc(N6C(=O)c7ccc8c9c(ccc(c79)C6=O)C(=O)N(C)C8=O)cc4S(O)(O)O)c(S(O)(O)O)c3)C5=O)cc2)cc1. The summed E-state index contributed by atoms with van der Waals surface area (Å²) in [4.78, 5) is 114. The average Bonchev–Trinajstić information content (AvgIpc) is 3.39. The number of amides is 8. The minimum atomic E-state index is -4.87. The van der Waals surface area contributed by atoms with E-state index in [0.717, 1.165) is 51.8 Å². The molecule has 4 aliphatic heterocycles. The second kappa shape index (κ2) is 16.3. The van der Waals surface area contributed by atoms with Crippen molar-refractivity contribution in [2.24, 2.45) is 0 Å². The highest BCUT2D eigenvalue weighted by Gasteiger charge is 2.43. The molecule has 12 rings (SSSR count). The van der Waals surface area contributed by atoms with Crippen LogP contribution in [0.3, 0.4) is 0 Å². The van der Waals surface area contributed by atoms with E-state index in [-0.39, 0.29) is 94.2 Å². The molecule has 8 aromatic rings. The number of imide groups is 4. The van der Waals surface area contributed by atoms with E-state index < -0.39 is 78.8 Å². The maximum absolute atomic E-state index is 14.5. The van der Waals surface area contributed by atoms with Gasteiger partial charge in [0.25, 0.3) is 47.3 Å². The number of anilines is 3. The molecule has 372 valence electrons. The van der Waals surface area contributed by atoms with E-state index in [9.17, 15) is 65.7 Å². The Bertz CT molecular complexity index is 3910. The molecule has 0 saturated carbocycles. The highest BCUT2D eigenvalue weighted by molar-refractivity contribution is 8.20. The van der Waals surface area contributed by atoms with Crippen LogP contribution in [-0.2, 0) is 0 Å². The second-order valence-electron chi connectivity index (χ2n) is 18.0. The summed E-state index contributed by atoms with van der Waals surface area (Å²) in [5.74, 6) is -5.52. The molecule has 19 nitrogen and oxygen atoms in total. The summed E-state index contributed by atoms with van der Waals surface area (Å²) in [7, 11) is -8.42. The van der Waals surface area contributed by atoms with Crippen LogP contribution < -0.4 is 19.4 Å². The number of hydrogen-bond donors (Lipinski definition) is 6. The van der Waals surface area contributed by atoms with Crippen molar-refractivity contribution in [2.75, 3.05) is 21.7 Å². The predicted molar refractivity (Wildman–Crippen MR) is 275 cm³/mol. The quantitative estimate of drug-likeness (QED) is 0.0772. The first-order valence-corrected chi connectivity index (χ1v) is 25.5. The number of carbonyl (C=O) groups is 8. The molecule has 0 aliphatic carbocycles. The molecule has 0 bridgehead atoms. The van der Waals surface area contributed by atoms with E-state index in [1.165, 1.54) is 55.6 Å². The van der Waals surface area contributed by atoms with Gasteiger partial charge >= 0.3 is 0 Å². The van der Waals surface area contributed by atoms with Crippen molar-refractivity contribution < 1.29 is 70.4 Å². The maximum atomic E-state index is 14.5. The van der Waals surface area contributed by atoms with Crippen LogP contribution in [0.15, 0.2) is 143 Å². The molecular weight excluding hydrogens is 1010 g/mol. The molecule has 0 fully saturated rings. The number of rotatable bonds is 8. The third-order valence-corrected chi connectivity index (χ3v) is 15.5. The lowest BCUT2D eigenvalue weighted by Gasteiger charge is -2.33. The van der Waals surface area contributed by atoms with E-state index >= 15 is 0 Å². The Balaban J connectivity index is 0.881. The van der Waals surface area contributed by atoms with Gasteiger partial charge in [0, 0.05) is 84.2 Å². The van der Waals surface area contributed by atoms with Crippen molar-refractivity contribution in [3.05, 3.63) is 184 Å². The molecule has 4 heterocycles. The molecule has 0 atom stereocenters. The van der Waals surface area contributed by atoms with Crippen molar-refractivity contribution in [1.82, 2.24) is 4.90 Å². The van der Waals surface area contributed by atoms with Gasteiger partial charge in [-0.25, -0.2) is 14.7 Å². The molecule has 75 heavy (non-hydrogen) atoms. The molecule has 8 aromatic carbocycles. The summed E-state index contributed by atoms with van der Waals surface area (Å²) < 4.78 is 71.2. The number of hydrogen-bond acceptors (Lipinski definition) is 15. The van der Waals surface area contributed by atoms with Crippen LogP contribution in [0, 0.1) is 6.92 Å². The number of nitrogens with zero attached hydrogens (tertiary/aromatic N) is 4. The number of benzene rings is 8. The molecular formula is C54H34N4O15S2. The Morgan fingerprint density at radius 1 is 0.333 bits per heavy atom. The summed E-state index contributed by atoms with van der Waals surface area (Å²) in [5.41, 5.74) is -0.238. The lowest BCUT2D eigenvalue weighted by molar-refractivity contribution is 0.0647. The fraction of sp³-hybridized carbons (Fsp3) is 0.0370. The Labute approximate surface area is 425 Å². The second-order valence-corrected chi connectivity index (χ2v) is 20.9. The van der Waals surface area contributed by atoms with Gasteiger partial charge < -0.3 is 32.1 Å². The summed E-state index contributed by atoms with van der Waals surface area (Å²) in [6, 6.07) is 30.6. The van der Waals surface area contributed by atoms with Gasteiger partial charge in [-0.2, -0.15) is 0 Å². The van der Waals surface area contributed by atoms with E-state index in [0.29, 0.717) is 21.3 Å². The fourth-order valence-electron chi connectivity index (χ4n) is 10.2. The third kappa shape index (κ3) is 6.95. The zero-order valence-electron chi connectivity index (χ0n) is 38.7. The Kier molecular flexibility index (Phi) is 10.2. The van der Waals surface area contributed by atoms with Gasteiger partial charge in [-0.3, -0.25) is 43.3 Å². The smallest absolute Gasteiger partial charge is 0.265 e. The van der Waals surface area contributed by atoms with Crippen molar-refractivity contribution in [1.29, 1.82) is 0 Å². The predicted octanol–water partition coefficient (Wildman–Crippen LogP) is 10.6. The number of aryl methyl sites for hydroxylation is 1. The zero-order chi connectivity index (χ0) is 52.9. The minimum Gasteiger partial charge on any atom is -0.457 e. The van der Waals surface area contributed by atoms with Crippen LogP contribution >= 0.6 is 21.7 Å². The van der Waals surface area contributed by atoms with Gasteiger partial charge in [-0.15, -0.1) is 0 Å². The Morgan fingerprint density at radius 2 is 0.587 bits per heavy atom. The normalized spacial score (nSPS) is 15.7. The summed E-state index contributed by atoms with van der Waals surface area (Å²) in [6.45, 7) is 1.94. The summed E-state index contributed by atoms with van der Waals surface area (Å²) >= 11 is 0. The van der Waals surface area contributed by atoms with Gasteiger partial charge in [0.2, 0.25) is 0 Å². The van der Waals surface area contributed by atoms with Gasteiger partial charge in [0.05, 0.1) is 26.9 Å². The van der Waals surface area contributed by atoms with Crippen LogP contribution in [0.25, 0.3) is 32.7 Å². The van der Waals surface area contributed by atoms with Crippen molar-refractivity contribution in [3.63, 3.8) is 0 Å². The van der Waals surface area contributed by atoms with Gasteiger partial charge in [0.15, 0.2) is 0 Å². The van der Waals surface area contributed by atoms with Crippen LogP contribution in [-0.4, -0.2) is 86.5 Å². The molecule has 6 N–H and O–H groups in total. The van der Waals surface area contributed by atoms with Crippen LogP contribution in [0.5, 0.6) is 11.5 Å². The molecule has 21 heteroatoms. The van der Waals surface area contributed by atoms with E-state index in [2.05, 4.69) is 0 Å². The number of ether oxygens (including phenoxy) is 1. The topological polar surface area (TPSA) is 280 Å². The lowest BCUT2D eigenvalue weighted by atomic mass is 9.85. The monoisotopic (exact) mass is 1040 g/mol. The van der Waals surface area contributed by atoms with Crippen LogP contribution in [0.1, 0.15) is 88.4 Å². The molecule has 0 radical (unpaired) electrons. The molecule has 0 saturated heterocycles. The van der Waals surface area contributed by atoms with E-state index in [1.807, 2.05) is 19.1 Å². The van der Waals surface area contributed by atoms with E-state index in [1.54, 1.807) is 36.4 Å². The van der Waals surface area contributed by atoms with Crippen molar-refractivity contribution in [2.45, 2.75) is 16.7 Å². The van der Waals surface area contributed by atoms with Gasteiger partial charge in [0.1, 0.15) is 33.2 Å². The van der Waals surface area contributed by atoms with Crippen LogP contribution in [0.4, 0.5) is 17.1 Å². The van der Waals surface area contributed by atoms with Gasteiger partial charge in [-0.1, -0.05) is 29.8 Å². The first-order valence-electron chi connectivity index (χ1n) is 22.5. The summed E-state index contributed by atoms with van der Waals surface area (Å²) in [6.07, 6.45) is 0. The molecule has 4 aliphatic rings. The first-order chi connectivity index (χ1) is 35.6. The van der Waals surface area contributed by atoms with Crippen molar-refractivity contribution in [3.8, 4) is 22.6 Å². The highest BCUT2D eigenvalue weighted by atomic mass is 32.3. The molecule has 8 amide bonds. The van der Waals surface area contributed by atoms with E-state index in [4.69, 9.17) is 4.74 Å². The number of carbonyl (C=O) groups excluding carboxylic acids is 8. The Hall–Kier alpha value is -8.90. The molecule has 0 aromatic heterocycles. The average molecular weight is 1040 g/mol. The molecule has 0 spiro atoms. The fourth-order valence-corrected chi connectivity index (χ4v) is 11.7. The maximum Gasteiger partial charge on any atom is 0.265 e. The Morgan fingerprint density at radius 3 is 0.893 bits per heavy atom. The zero-order valence-corrected chi connectivity index (χ0v) is 40.3. The summed E-state index contributed by atoms with van der Waals surface area (Å²) in [5, 5.41) is 0.256. The largest absolute Gasteiger partial charge is 0.457 e. The molecule has 0 unspecified atom stereocenters. The standard InChI is InChI=1S/C54H34N4O15S2/c1-25-3-9-29(10-4-25)73-30-11-5-26(6-12-30)56-49(61)35-19-21-39-46-40(22-20-36(45(35)46)50(56)62)54(66)58(53(39)65)28-8-14-32(42(24-28)75(70,71)72)31-13-7-27(23-41(31)74(67,68)69)57-51(63)37-17-15-33-43-34(48(60)55(2)47(33)59)16-18-38(44(37)43)52(57)64/h3-24,67-72H,1-2H3. The third-order valence-electron chi connectivity index (χ3n) is 13.7. The minimum absolute atomic E-state index is 0.0214. The first kappa shape index (κ1) is 47.1.